The molecule has 1 aliphatic heterocycles. The number of rotatable bonds is 5. The van der Waals surface area contributed by atoms with Crippen molar-refractivity contribution in [3.05, 3.63) is 59.7 Å². The molecule has 27 heavy (non-hydrogen) atoms. The number of likely N-dealkylation sites (tertiary alicyclic amines) is 1. The van der Waals surface area contributed by atoms with Crippen molar-refractivity contribution in [1.29, 1.82) is 5.26 Å². The molecule has 0 bridgehead atoms. The highest BCUT2D eigenvalue weighted by atomic mass is 16.5. The molecular weight excluding hydrogens is 344 g/mol. The molecule has 0 radical (unpaired) electrons. The predicted octanol–water partition coefficient (Wildman–Crippen LogP) is 3.73. The lowest BCUT2D eigenvalue weighted by atomic mass is 9.81. The number of benzene rings is 2. The van der Waals surface area contributed by atoms with Crippen LogP contribution in [0.2, 0.25) is 0 Å². The Labute approximate surface area is 158 Å². The van der Waals surface area contributed by atoms with Crippen LogP contribution in [-0.4, -0.2) is 42.9 Å². The second-order valence-corrected chi connectivity index (χ2v) is 6.61. The maximum Gasteiger partial charge on any atom is 0.407 e. The van der Waals surface area contributed by atoms with Crippen molar-refractivity contribution in [2.45, 2.75) is 12.3 Å². The standard InChI is InChI=1S/C21H22N2O4/c1-26-18-7-5-16(6-8-18)20-9-10-23(21(24)25)13-17(20)14-27-19-4-2-3-15(11-19)12-22/h2-8,11,17,20H,9-10,13-14H2,1H3,(H,24,25). The van der Waals surface area contributed by atoms with Gasteiger partial charge in [0.05, 0.1) is 25.3 Å². The molecule has 1 saturated heterocycles. The summed E-state index contributed by atoms with van der Waals surface area (Å²) < 4.78 is 11.1. The van der Waals surface area contributed by atoms with E-state index in [1.54, 1.807) is 31.4 Å². The number of nitrogens with zero attached hydrogens (tertiary/aromatic N) is 2. The van der Waals surface area contributed by atoms with Crippen LogP contribution in [0.3, 0.4) is 0 Å². The number of nitriles is 1. The van der Waals surface area contributed by atoms with Gasteiger partial charge in [-0.25, -0.2) is 4.79 Å². The van der Waals surface area contributed by atoms with E-state index in [9.17, 15) is 9.90 Å². The van der Waals surface area contributed by atoms with E-state index in [-0.39, 0.29) is 11.8 Å². The first-order valence-electron chi connectivity index (χ1n) is 8.85. The van der Waals surface area contributed by atoms with Crippen molar-refractivity contribution >= 4 is 6.09 Å². The van der Waals surface area contributed by atoms with E-state index in [0.717, 1.165) is 17.7 Å². The zero-order chi connectivity index (χ0) is 19.2. The lowest BCUT2D eigenvalue weighted by molar-refractivity contribution is 0.0938. The lowest BCUT2D eigenvalue weighted by Crippen LogP contribution is -2.44. The normalized spacial score (nSPS) is 19.2. The van der Waals surface area contributed by atoms with E-state index in [1.165, 1.54) is 4.90 Å². The Balaban J connectivity index is 1.76. The molecule has 2 aromatic rings. The molecule has 0 saturated carbocycles. The quantitative estimate of drug-likeness (QED) is 0.872. The summed E-state index contributed by atoms with van der Waals surface area (Å²) in [5.41, 5.74) is 1.69. The summed E-state index contributed by atoms with van der Waals surface area (Å²) in [6.45, 7) is 1.31. The predicted molar refractivity (Wildman–Crippen MR) is 100 cm³/mol. The summed E-state index contributed by atoms with van der Waals surface area (Å²) in [5, 5.41) is 18.4. The van der Waals surface area contributed by atoms with Gasteiger partial charge in [0.15, 0.2) is 0 Å². The van der Waals surface area contributed by atoms with Crippen molar-refractivity contribution in [1.82, 2.24) is 4.90 Å². The molecule has 1 fully saturated rings. The van der Waals surface area contributed by atoms with Gasteiger partial charge in [0.2, 0.25) is 0 Å². The topological polar surface area (TPSA) is 82.8 Å². The smallest absolute Gasteiger partial charge is 0.407 e. The number of carboxylic acid groups (broad SMARTS) is 1. The van der Waals surface area contributed by atoms with E-state index in [2.05, 4.69) is 6.07 Å². The van der Waals surface area contributed by atoms with Gasteiger partial charge in [-0.15, -0.1) is 0 Å². The Morgan fingerprint density at radius 3 is 2.70 bits per heavy atom. The van der Waals surface area contributed by atoms with Gasteiger partial charge in [-0.05, 0) is 48.2 Å². The minimum atomic E-state index is -0.903. The number of methoxy groups -OCH3 is 1. The van der Waals surface area contributed by atoms with Gasteiger partial charge < -0.3 is 19.5 Å². The number of hydrogen-bond acceptors (Lipinski definition) is 4. The van der Waals surface area contributed by atoms with Crippen LogP contribution in [0.5, 0.6) is 11.5 Å². The highest BCUT2D eigenvalue weighted by Crippen LogP contribution is 2.34. The third kappa shape index (κ3) is 4.50. The number of piperidine rings is 1. The van der Waals surface area contributed by atoms with Crippen LogP contribution in [0.1, 0.15) is 23.5 Å². The van der Waals surface area contributed by atoms with Crippen molar-refractivity contribution in [3.8, 4) is 17.6 Å². The van der Waals surface area contributed by atoms with Crippen molar-refractivity contribution in [2.75, 3.05) is 26.8 Å². The van der Waals surface area contributed by atoms with Gasteiger partial charge in [0.1, 0.15) is 11.5 Å². The molecule has 6 heteroatoms. The molecule has 140 valence electrons. The first-order valence-corrected chi connectivity index (χ1v) is 8.85. The minimum Gasteiger partial charge on any atom is -0.497 e. The highest BCUT2D eigenvalue weighted by molar-refractivity contribution is 5.65. The van der Waals surface area contributed by atoms with Gasteiger partial charge in [0, 0.05) is 19.0 Å². The molecule has 1 aliphatic rings. The first-order chi connectivity index (χ1) is 13.1. The molecule has 6 nitrogen and oxygen atoms in total. The van der Waals surface area contributed by atoms with Crippen molar-refractivity contribution in [3.63, 3.8) is 0 Å². The Bertz CT molecular complexity index is 829. The van der Waals surface area contributed by atoms with Crippen LogP contribution in [0.15, 0.2) is 48.5 Å². The lowest BCUT2D eigenvalue weighted by Gasteiger charge is -2.37. The van der Waals surface area contributed by atoms with Crippen molar-refractivity contribution < 1.29 is 19.4 Å². The molecule has 1 N–H and O–H groups in total. The van der Waals surface area contributed by atoms with Crippen LogP contribution >= 0.6 is 0 Å². The number of hydrogen-bond donors (Lipinski definition) is 1. The summed E-state index contributed by atoms with van der Waals surface area (Å²) >= 11 is 0. The second kappa shape index (κ2) is 8.45. The zero-order valence-corrected chi connectivity index (χ0v) is 15.2. The van der Waals surface area contributed by atoms with E-state index >= 15 is 0 Å². The Morgan fingerprint density at radius 1 is 1.26 bits per heavy atom. The average Bonchev–Trinajstić information content (AvgIpc) is 2.72. The van der Waals surface area contributed by atoms with Crippen LogP contribution in [0, 0.1) is 17.2 Å². The number of ether oxygens (including phenoxy) is 2. The molecule has 2 unspecified atom stereocenters. The van der Waals surface area contributed by atoms with Gasteiger partial charge >= 0.3 is 6.09 Å². The van der Waals surface area contributed by atoms with Gasteiger partial charge in [-0.1, -0.05) is 18.2 Å². The van der Waals surface area contributed by atoms with Gasteiger partial charge in [0.25, 0.3) is 0 Å². The fourth-order valence-electron chi connectivity index (χ4n) is 3.52. The van der Waals surface area contributed by atoms with Gasteiger partial charge in [-0.2, -0.15) is 5.26 Å². The molecule has 2 aromatic carbocycles. The fourth-order valence-corrected chi connectivity index (χ4v) is 3.52. The Morgan fingerprint density at radius 2 is 2.04 bits per heavy atom. The van der Waals surface area contributed by atoms with Crippen LogP contribution in [-0.2, 0) is 0 Å². The summed E-state index contributed by atoms with van der Waals surface area (Å²) in [5.74, 6) is 1.64. The highest BCUT2D eigenvalue weighted by Gasteiger charge is 2.33. The third-order valence-electron chi connectivity index (χ3n) is 4.98. The summed E-state index contributed by atoms with van der Waals surface area (Å²) in [7, 11) is 1.63. The molecular formula is C21H22N2O4. The number of amides is 1. The van der Waals surface area contributed by atoms with E-state index in [1.807, 2.05) is 24.3 Å². The van der Waals surface area contributed by atoms with Crippen molar-refractivity contribution in [2.24, 2.45) is 5.92 Å². The molecule has 2 atom stereocenters. The Hall–Kier alpha value is -3.20. The minimum absolute atomic E-state index is 0.0222. The van der Waals surface area contributed by atoms with Crippen LogP contribution < -0.4 is 9.47 Å². The number of carbonyl (C=O) groups is 1. The summed E-state index contributed by atoms with van der Waals surface area (Å²) in [6.07, 6.45) is -0.162. The van der Waals surface area contributed by atoms with E-state index in [4.69, 9.17) is 14.7 Å². The zero-order valence-electron chi connectivity index (χ0n) is 15.2. The maximum atomic E-state index is 11.4. The summed E-state index contributed by atoms with van der Waals surface area (Å²) in [4.78, 5) is 12.9. The summed E-state index contributed by atoms with van der Waals surface area (Å²) in [6, 6.07) is 17.0. The Kier molecular flexibility index (Phi) is 5.82. The maximum absolute atomic E-state index is 11.4. The molecule has 1 heterocycles. The molecule has 0 aliphatic carbocycles. The molecule has 1 amide bonds. The third-order valence-corrected chi connectivity index (χ3v) is 4.98. The van der Waals surface area contributed by atoms with Gasteiger partial charge in [-0.3, -0.25) is 0 Å². The fraction of sp³-hybridized carbons (Fsp3) is 0.333. The average molecular weight is 366 g/mol. The molecule has 0 aromatic heterocycles. The van der Waals surface area contributed by atoms with Crippen LogP contribution in [0.25, 0.3) is 0 Å². The SMILES string of the molecule is COc1ccc(C2CCN(C(=O)O)CC2COc2cccc(C#N)c2)cc1. The monoisotopic (exact) mass is 366 g/mol. The molecule has 0 spiro atoms. The van der Waals surface area contributed by atoms with E-state index in [0.29, 0.717) is 31.0 Å². The second-order valence-electron chi connectivity index (χ2n) is 6.61. The first kappa shape index (κ1) is 18.6. The largest absolute Gasteiger partial charge is 0.497 e. The molecule has 3 rings (SSSR count). The van der Waals surface area contributed by atoms with E-state index < -0.39 is 6.09 Å². The van der Waals surface area contributed by atoms with Crippen LogP contribution in [0.4, 0.5) is 4.79 Å².